The van der Waals surface area contributed by atoms with E-state index in [0.29, 0.717) is 5.56 Å². The van der Waals surface area contributed by atoms with Crippen molar-refractivity contribution in [3.63, 3.8) is 0 Å². The summed E-state index contributed by atoms with van der Waals surface area (Å²) in [4.78, 5) is 7.64. The van der Waals surface area contributed by atoms with Gasteiger partial charge in [0, 0.05) is 11.8 Å². The minimum Gasteiger partial charge on any atom is -0.458 e. The Balaban J connectivity index is 2.08. The highest BCUT2D eigenvalue weighted by Gasteiger charge is 2.03. The number of halogens is 1. The van der Waals surface area contributed by atoms with Gasteiger partial charge in [0.2, 0.25) is 0 Å². The Hall–Kier alpha value is -2.48. The largest absolute Gasteiger partial charge is 0.458 e. The van der Waals surface area contributed by atoms with Gasteiger partial charge in [-0.3, -0.25) is 0 Å². The van der Waals surface area contributed by atoms with Crippen LogP contribution in [0.15, 0.2) is 36.5 Å². The molecule has 2 aromatic rings. The van der Waals surface area contributed by atoms with Crippen LogP contribution < -0.4 is 4.74 Å². The van der Waals surface area contributed by atoms with E-state index in [4.69, 9.17) is 10.00 Å². The Bertz CT molecular complexity index is 566. The fraction of sp³-hybridized carbons (Fsp3) is 0.0833. The summed E-state index contributed by atoms with van der Waals surface area (Å²) in [5.41, 5.74) is 0.627. The highest BCUT2D eigenvalue weighted by Crippen LogP contribution is 2.10. The van der Waals surface area contributed by atoms with Crippen molar-refractivity contribution in [1.29, 1.82) is 5.26 Å². The van der Waals surface area contributed by atoms with Crippen molar-refractivity contribution >= 4 is 0 Å². The van der Waals surface area contributed by atoms with E-state index in [1.807, 2.05) is 6.07 Å². The summed E-state index contributed by atoms with van der Waals surface area (Å²) in [6, 6.07) is 9.69. The fourth-order valence-electron chi connectivity index (χ4n) is 1.23. The van der Waals surface area contributed by atoms with Gasteiger partial charge in [-0.05, 0) is 12.1 Å². The number of benzene rings is 1. The molecule has 0 amide bonds. The molecule has 0 unspecified atom stereocenters. The molecule has 0 aliphatic carbocycles. The lowest BCUT2D eigenvalue weighted by molar-refractivity contribution is 0.275. The third-order valence-corrected chi connectivity index (χ3v) is 2.06. The van der Waals surface area contributed by atoms with Gasteiger partial charge in [0.05, 0.1) is 0 Å². The Morgan fingerprint density at radius 1 is 1.29 bits per heavy atom. The number of hydrogen-bond acceptors (Lipinski definition) is 4. The molecule has 2 rings (SSSR count). The van der Waals surface area contributed by atoms with Crippen molar-refractivity contribution < 1.29 is 9.13 Å². The molecule has 0 atom stereocenters. The minimum absolute atomic E-state index is 0.0293. The first-order valence-corrected chi connectivity index (χ1v) is 4.89. The predicted octanol–water partition coefficient (Wildman–Crippen LogP) is 2.07. The van der Waals surface area contributed by atoms with Crippen molar-refractivity contribution in [2.75, 3.05) is 0 Å². The van der Waals surface area contributed by atoms with E-state index in [2.05, 4.69) is 9.97 Å². The molecular weight excluding hydrogens is 221 g/mol. The number of hydrogen-bond donors (Lipinski definition) is 0. The second-order valence-electron chi connectivity index (χ2n) is 3.22. The third-order valence-electron chi connectivity index (χ3n) is 2.06. The number of rotatable bonds is 3. The van der Waals surface area contributed by atoms with E-state index in [1.54, 1.807) is 18.2 Å². The van der Waals surface area contributed by atoms with Crippen LogP contribution in [-0.4, -0.2) is 9.97 Å². The molecule has 0 aliphatic rings. The molecule has 0 bridgehead atoms. The van der Waals surface area contributed by atoms with E-state index in [-0.39, 0.29) is 24.1 Å². The first-order valence-electron chi connectivity index (χ1n) is 4.89. The maximum absolute atomic E-state index is 13.3. The Labute approximate surface area is 97.3 Å². The average molecular weight is 229 g/mol. The second kappa shape index (κ2) is 5.03. The van der Waals surface area contributed by atoms with Crippen LogP contribution in [0.4, 0.5) is 4.39 Å². The highest BCUT2D eigenvalue weighted by molar-refractivity contribution is 5.20. The summed E-state index contributed by atoms with van der Waals surface area (Å²) in [6.07, 6.45) is 1.42. The van der Waals surface area contributed by atoms with Gasteiger partial charge in [0.25, 0.3) is 0 Å². The molecule has 1 heterocycles. The highest BCUT2D eigenvalue weighted by atomic mass is 19.1. The van der Waals surface area contributed by atoms with Gasteiger partial charge < -0.3 is 4.74 Å². The van der Waals surface area contributed by atoms with Crippen molar-refractivity contribution in [3.05, 3.63) is 53.6 Å². The first kappa shape index (κ1) is 11.0. The van der Waals surface area contributed by atoms with Gasteiger partial charge in [0.1, 0.15) is 24.2 Å². The molecule has 0 saturated carbocycles. The zero-order valence-corrected chi connectivity index (χ0v) is 8.80. The summed E-state index contributed by atoms with van der Waals surface area (Å²) in [6.45, 7) is 0.0293. The molecule has 0 N–H and O–H groups in total. The van der Waals surface area contributed by atoms with Crippen LogP contribution in [-0.2, 0) is 6.61 Å². The summed E-state index contributed by atoms with van der Waals surface area (Å²) < 4.78 is 18.5. The van der Waals surface area contributed by atoms with E-state index in [9.17, 15) is 4.39 Å². The zero-order valence-electron chi connectivity index (χ0n) is 8.80. The number of nitrogens with zero attached hydrogens (tertiary/aromatic N) is 3. The van der Waals surface area contributed by atoms with E-state index >= 15 is 0 Å². The first-order chi connectivity index (χ1) is 8.29. The molecule has 84 valence electrons. The molecule has 17 heavy (non-hydrogen) atoms. The van der Waals surface area contributed by atoms with Crippen LogP contribution >= 0.6 is 0 Å². The number of nitriles is 1. The molecule has 1 aromatic heterocycles. The van der Waals surface area contributed by atoms with Crippen LogP contribution in [0.25, 0.3) is 0 Å². The maximum Gasteiger partial charge on any atom is 0.317 e. The van der Waals surface area contributed by atoms with Gasteiger partial charge in [-0.2, -0.15) is 10.2 Å². The van der Waals surface area contributed by atoms with Gasteiger partial charge >= 0.3 is 6.01 Å². The van der Waals surface area contributed by atoms with Gasteiger partial charge in [0.15, 0.2) is 0 Å². The SMILES string of the molecule is N#Cc1ccnc(OCc2ccccc2F)n1. The topological polar surface area (TPSA) is 58.8 Å². The van der Waals surface area contributed by atoms with Crippen molar-refractivity contribution in [3.8, 4) is 12.1 Å². The lowest BCUT2D eigenvalue weighted by atomic mass is 10.2. The Morgan fingerprint density at radius 3 is 2.88 bits per heavy atom. The molecule has 0 fully saturated rings. The fourth-order valence-corrected chi connectivity index (χ4v) is 1.23. The normalized spacial score (nSPS) is 9.65. The Morgan fingerprint density at radius 2 is 2.12 bits per heavy atom. The quantitative estimate of drug-likeness (QED) is 0.808. The van der Waals surface area contributed by atoms with E-state index < -0.39 is 0 Å². The summed E-state index contributed by atoms with van der Waals surface area (Å²) in [5, 5.41) is 8.64. The monoisotopic (exact) mass is 229 g/mol. The molecule has 0 radical (unpaired) electrons. The predicted molar refractivity (Wildman–Crippen MR) is 57.5 cm³/mol. The van der Waals surface area contributed by atoms with Crippen molar-refractivity contribution in [2.45, 2.75) is 6.61 Å². The van der Waals surface area contributed by atoms with Crippen LogP contribution in [0.5, 0.6) is 6.01 Å². The number of ether oxygens (including phenoxy) is 1. The zero-order chi connectivity index (χ0) is 12.1. The van der Waals surface area contributed by atoms with Gasteiger partial charge in [-0.15, -0.1) is 0 Å². The maximum atomic E-state index is 13.3. The van der Waals surface area contributed by atoms with Gasteiger partial charge in [-0.25, -0.2) is 9.37 Å². The van der Waals surface area contributed by atoms with Gasteiger partial charge in [-0.1, -0.05) is 18.2 Å². The van der Waals surface area contributed by atoms with Crippen molar-refractivity contribution in [1.82, 2.24) is 9.97 Å². The molecule has 4 nitrogen and oxygen atoms in total. The summed E-state index contributed by atoms with van der Waals surface area (Å²) in [7, 11) is 0. The van der Waals surface area contributed by atoms with Crippen LogP contribution in [0.2, 0.25) is 0 Å². The van der Waals surface area contributed by atoms with Crippen molar-refractivity contribution in [2.24, 2.45) is 0 Å². The molecule has 1 aromatic carbocycles. The Kier molecular flexibility index (Phi) is 3.26. The molecule has 0 saturated heterocycles. The summed E-state index contributed by atoms with van der Waals surface area (Å²) >= 11 is 0. The second-order valence-corrected chi connectivity index (χ2v) is 3.22. The molecule has 0 spiro atoms. The van der Waals surface area contributed by atoms with Crippen LogP contribution in [0.3, 0.4) is 0 Å². The molecular formula is C12H8FN3O. The lowest BCUT2D eigenvalue weighted by Gasteiger charge is -2.04. The standard InChI is InChI=1S/C12H8FN3O/c13-11-4-2-1-3-9(11)8-17-12-15-6-5-10(7-14)16-12/h1-6H,8H2. The molecule has 0 aliphatic heterocycles. The van der Waals surface area contributed by atoms with Crippen LogP contribution in [0.1, 0.15) is 11.3 Å². The average Bonchev–Trinajstić information content (AvgIpc) is 2.38. The van der Waals surface area contributed by atoms with E-state index in [0.717, 1.165) is 0 Å². The molecule has 5 heteroatoms. The lowest BCUT2D eigenvalue weighted by Crippen LogP contribution is -2.01. The van der Waals surface area contributed by atoms with E-state index in [1.165, 1.54) is 18.3 Å². The third kappa shape index (κ3) is 2.75. The summed E-state index contributed by atoms with van der Waals surface area (Å²) in [5.74, 6) is -0.344. The minimum atomic E-state index is -0.344. The smallest absolute Gasteiger partial charge is 0.317 e. The van der Waals surface area contributed by atoms with Crippen LogP contribution in [0, 0.1) is 17.1 Å². The number of aromatic nitrogens is 2.